The van der Waals surface area contributed by atoms with Gasteiger partial charge in [0.05, 0.1) is 12.4 Å². The number of rotatable bonds is 3. The van der Waals surface area contributed by atoms with Gasteiger partial charge < -0.3 is 14.6 Å². The van der Waals surface area contributed by atoms with Crippen molar-refractivity contribution in [3.8, 4) is 0 Å². The number of hydrogen-bond donors (Lipinski definition) is 1. The van der Waals surface area contributed by atoms with Crippen LogP contribution in [0.2, 0.25) is 0 Å². The summed E-state index contributed by atoms with van der Waals surface area (Å²) in [5.74, 6) is 1.17. The maximum atomic E-state index is 9.91. The molecule has 3 fully saturated rings. The Labute approximate surface area is 91.1 Å². The Morgan fingerprint density at radius 1 is 1.47 bits per heavy atom. The standard InChI is InChI=1S/C12H20O3/c1-12(2)8-4-10(12)9(11(13)5-8)6-15-7-14-3/h6,8,10-11,13H,4-5,7H2,1-3H3/b9-6+/t8-,10+,11?/m0/s1. The van der Waals surface area contributed by atoms with E-state index in [1.165, 1.54) is 6.42 Å². The van der Waals surface area contributed by atoms with E-state index in [0.29, 0.717) is 17.3 Å². The van der Waals surface area contributed by atoms with Crippen molar-refractivity contribution in [2.45, 2.75) is 32.8 Å². The number of ether oxygens (including phenoxy) is 2. The number of aliphatic hydroxyl groups excluding tert-OH is 1. The Bertz CT molecular complexity index is 270. The van der Waals surface area contributed by atoms with Crippen LogP contribution in [0.4, 0.5) is 0 Å². The van der Waals surface area contributed by atoms with Gasteiger partial charge in [0.2, 0.25) is 0 Å². The average molecular weight is 212 g/mol. The van der Waals surface area contributed by atoms with Gasteiger partial charge >= 0.3 is 0 Å². The monoisotopic (exact) mass is 212 g/mol. The number of hydrogen-bond acceptors (Lipinski definition) is 3. The molecule has 0 aromatic carbocycles. The van der Waals surface area contributed by atoms with Gasteiger partial charge in [-0.1, -0.05) is 13.8 Å². The lowest BCUT2D eigenvalue weighted by Crippen LogP contribution is -2.53. The lowest BCUT2D eigenvalue weighted by atomic mass is 9.47. The van der Waals surface area contributed by atoms with E-state index in [1.54, 1.807) is 13.4 Å². The summed E-state index contributed by atoms with van der Waals surface area (Å²) in [6, 6.07) is 0. The topological polar surface area (TPSA) is 38.7 Å². The molecular formula is C12H20O3. The van der Waals surface area contributed by atoms with Gasteiger partial charge in [0.25, 0.3) is 0 Å². The zero-order valence-corrected chi connectivity index (χ0v) is 9.69. The fourth-order valence-corrected chi connectivity index (χ4v) is 2.98. The van der Waals surface area contributed by atoms with Crippen molar-refractivity contribution in [2.24, 2.45) is 17.3 Å². The van der Waals surface area contributed by atoms with Crippen molar-refractivity contribution in [3.63, 3.8) is 0 Å². The van der Waals surface area contributed by atoms with Crippen LogP contribution < -0.4 is 0 Å². The van der Waals surface area contributed by atoms with Gasteiger partial charge in [-0.3, -0.25) is 0 Å². The van der Waals surface area contributed by atoms with Crippen LogP contribution in [0.1, 0.15) is 26.7 Å². The first-order valence-electron chi connectivity index (χ1n) is 5.56. The zero-order valence-electron chi connectivity index (χ0n) is 9.69. The summed E-state index contributed by atoms with van der Waals surface area (Å²) in [6.45, 7) is 4.82. The van der Waals surface area contributed by atoms with E-state index in [1.807, 2.05) is 0 Å². The van der Waals surface area contributed by atoms with E-state index in [2.05, 4.69) is 13.8 Å². The van der Waals surface area contributed by atoms with Crippen LogP contribution in [0, 0.1) is 17.3 Å². The molecule has 0 aromatic rings. The predicted octanol–water partition coefficient (Wildman–Crippen LogP) is 1.92. The Hall–Kier alpha value is -0.540. The largest absolute Gasteiger partial charge is 0.475 e. The molecule has 0 aliphatic heterocycles. The molecule has 3 rings (SSSR count). The van der Waals surface area contributed by atoms with Gasteiger partial charge in [0.15, 0.2) is 6.79 Å². The number of methoxy groups -OCH3 is 1. The molecule has 1 unspecified atom stereocenters. The lowest BCUT2D eigenvalue weighted by Gasteiger charge is -2.58. The molecule has 3 nitrogen and oxygen atoms in total. The summed E-state index contributed by atoms with van der Waals surface area (Å²) >= 11 is 0. The van der Waals surface area contributed by atoms with Crippen molar-refractivity contribution in [2.75, 3.05) is 13.9 Å². The molecule has 1 N–H and O–H groups in total. The molecule has 3 heteroatoms. The van der Waals surface area contributed by atoms with Crippen LogP contribution in [-0.4, -0.2) is 25.1 Å². The molecule has 86 valence electrons. The molecule has 0 saturated heterocycles. The summed E-state index contributed by atoms with van der Waals surface area (Å²) < 4.78 is 10.1. The third-order valence-electron chi connectivity index (χ3n) is 4.17. The minimum absolute atomic E-state index is 0.257. The molecular weight excluding hydrogens is 192 g/mol. The molecule has 0 aromatic heterocycles. The Morgan fingerprint density at radius 2 is 2.20 bits per heavy atom. The zero-order chi connectivity index (χ0) is 11.1. The fraction of sp³-hybridized carbons (Fsp3) is 0.833. The van der Waals surface area contributed by atoms with Gasteiger partial charge in [0.1, 0.15) is 0 Å². The highest BCUT2D eigenvalue weighted by atomic mass is 16.7. The van der Waals surface area contributed by atoms with Crippen molar-refractivity contribution in [3.05, 3.63) is 11.8 Å². The van der Waals surface area contributed by atoms with E-state index in [9.17, 15) is 5.11 Å². The third kappa shape index (κ3) is 1.68. The second-order valence-corrected chi connectivity index (χ2v) is 5.25. The van der Waals surface area contributed by atoms with E-state index >= 15 is 0 Å². The highest BCUT2D eigenvalue weighted by Crippen LogP contribution is 2.61. The smallest absolute Gasteiger partial charge is 0.187 e. The first-order chi connectivity index (χ1) is 7.07. The first-order valence-corrected chi connectivity index (χ1v) is 5.56. The fourth-order valence-electron chi connectivity index (χ4n) is 2.98. The van der Waals surface area contributed by atoms with Gasteiger partial charge in [-0.25, -0.2) is 0 Å². The van der Waals surface area contributed by atoms with Gasteiger partial charge in [0, 0.05) is 7.11 Å². The van der Waals surface area contributed by atoms with Crippen molar-refractivity contribution in [1.29, 1.82) is 0 Å². The SMILES string of the molecule is COCO/C=C1/C(O)C[C@@H]2C[C@H]1C2(C)C. The van der Waals surface area contributed by atoms with E-state index < -0.39 is 0 Å². The molecule has 3 saturated carbocycles. The maximum absolute atomic E-state index is 9.91. The van der Waals surface area contributed by atoms with Crippen LogP contribution in [-0.2, 0) is 9.47 Å². The molecule has 3 aliphatic carbocycles. The van der Waals surface area contributed by atoms with Crippen LogP contribution in [0.5, 0.6) is 0 Å². The molecule has 0 radical (unpaired) electrons. The average Bonchev–Trinajstić information content (AvgIpc) is 2.20. The molecule has 3 aliphatic rings. The van der Waals surface area contributed by atoms with Gasteiger partial charge in [-0.15, -0.1) is 0 Å². The van der Waals surface area contributed by atoms with Crippen molar-refractivity contribution >= 4 is 0 Å². The van der Waals surface area contributed by atoms with Crippen LogP contribution in [0.3, 0.4) is 0 Å². The molecule has 3 atom stereocenters. The van der Waals surface area contributed by atoms with Gasteiger partial charge in [-0.2, -0.15) is 0 Å². The number of aliphatic hydroxyl groups is 1. The van der Waals surface area contributed by atoms with Gasteiger partial charge in [-0.05, 0) is 35.7 Å². The summed E-state index contributed by atoms with van der Waals surface area (Å²) in [5, 5.41) is 9.91. The van der Waals surface area contributed by atoms with E-state index in [-0.39, 0.29) is 12.9 Å². The molecule has 15 heavy (non-hydrogen) atoms. The van der Waals surface area contributed by atoms with Crippen molar-refractivity contribution < 1.29 is 14.6 Å². The summed E-state index contributed by atoms with van der Waals surface area (Å²) in [7, 11) is 1.60. The molecule has 0 spiro atoms. The molecule has 2 bridgehead atoms. The molecule has 0 heterocycles. The minimum atomic E-state index is -0.307. The van der Waals surface area contributed by atoms with E-state index in [4.69, 9.17) is 9.47 Å². The highest BCUT2D eigenvalue weighted by Gasteiger charge is 2.55. The summed E-state index contributed by atoms with van der Waals surface area (Å²) in [6.07, 6.45) is 3.48. The second kappa shape index (κ2) is 3.80. The number of fused-ring (bicyclic) bond motifs is 2. The van der Waals surface area contributed by atoms with Crippen LogP contribution in [0.25, 0.3) is 0 Å². The second-order valence-electron chi connectivity index (χ2n) is 5.25. The summed E-state index contributed by atoms with van der Waals surface area (Å²) in [5.41, 5.74) is 1.39. The van der Waals surface area contributed by atoms with Crippen LogP contribution >= 0.6 is 0 Å². The lowest BCUT2D eigenvalue weighted by molar-refractivity contribution is -0.0764. The normalized spacial score (nSPS) is 40.0. The Morgan fingerprint density at radius 3 is 2.80 bits per heavy atom. The van der Waals surface area contributed by atoms with E-state index in [0.717, 1.165) is 12.0 Å². The third-order valence-corrected chi connectivity index (χ3v) is 4.17. The predicted molar refractivity (Wildman–Crippen MR) is 57.0 cm³/mol. The minimum Gasteiger partial charge on any atom is -0.475 e. The molecule has 0 amide bonds. The first kappa shape index (κ1) is 11.0. The summed E-state index contributed by atoms with van der Waals surface area (Å²) in [4.78, 5) is 0. The Kier molecular flexibility index (Phi) is 2.77. The highest BCUT2D eigenvalue weighted by molar-refractivity contribution is 5.24. The maximum Gasteiger partial charge on any atom is 0.187 e. The quantitative estimate of drug-likeness (QED) is 0.441. The Balaban J connectivity index is 2.06. The van der Waals surface area contributed by atoms with Crippen molar-refractivity contribution in [1.82, 2.24) is 0 Å². The van der Waals surface area contributed by atoms with Crippen LogP contribution in [0.15, 0.2) is 11.8 Å².